The molecule has 1 rings (SSSR count). The maximum Gasteiger partial charge on any atom is 0.254 e. The van der Waals surface area contributed by atoms with Crippen LogP contribution in [0, 0.1) is 6.92 Å². The van der Waals surface area contributed by atoms with E-state index in [9.17, 15) is 4.79 Å². The first-order valence-electron chi connectivity index (χ1n) is 4.66. The summed E-state index contributed by atoms with van der Waals surface area (Å²) in [6.07, 6.45) is 0.746. The van der Waals surface area contributed by atoms with Crippen LogP contribution in [0.15, 0.2) is 4.79 Å². The maximum atomic E-state index is 11.5. The lowest BCUT2D eigenvalue weighted by atomic mass is 10.0. The Kier molecular flexibility index (Phi) is 2.86. The third-order valence-electron chi connectivity index (χ3n) is 2.07. The molecule has 0 aliphatic rings. The van der Waals surface area contributed by atoms with E-state index in [-0.39, 0.29) is 5.56 Å². The van der Waals surface area contributed by atoms with E-state index >= 15 is 0 Å². The highest BCUT2D eigenvalue weighted by Gasteiger charge is 2.10. The second kappa shape index (κ2) is 3.73. The minimum absolute atomic E-state index is 0.0127. The maximum absolute atomic E-state index is 11.5. The Morgan fingerprint density at radius 1 is 1.46 bits per heavy atom. The van der Waals surface area contributed by atoms with Gasteiger partial charge in [-0.25, -0.2) is 4.98 Å². The molecule has 0 aliphatic carbocycles. The van der Waals surface area contributed by atoms with Crippen molar-refractivity contribution in [1.82, 2.24) is 9.97 Å². The fourth-order valence-electron chi connectivity index (χ4n) is 1.45. The summed E-state index contributed by atoms with van der Waals surface area (Å²) in [7, 11) is 0. The molecule has 1 heterocycles. The molecule has 0 unspecified atom stereocenters. The van der Waals surface area contributed by atoms with Crippen LogP contribution in [0.1, 0.15) is 43.8 Å². The van der Waals surface area contributed by atoms with Gasteiger partial charge in [-0.15, -0.1) is 0 Å². The number of hydrogen-bond acceptors (Lipinski definition) is 2. The second-order valence-corrected chi connectivity index (χ2v) is 3.52. The van der Waals surface area contributed by atoms with Crippen LogP contribution in [-0.4, -0.2) is 9.97 Å². The predicted octanol–water partition coefficient (Wildman–Crippen LogP) is 1.76. The van der Waals surface area contributed by atoms with Crippen molar-refractivity contribution >= 4 is 0 Å². The van der Waals surface area contributed by atoms with Gasteiger partial charge in [-0.3, -0.25) is 4.79 Å². The van der Waals surface area contributed by atoms with Crippen LogP contribution in [0.4, 0.5) is 0 Å². The predicted molar refractivity (Wildman–Crippen MR) is 53.1 cm³/mol. The zero-order chi connectivity index (χ0) is 10.0. The summed E-state index contributed by atoms with van der Waals surface area (Å²) in [6.45, 7) is 7.90. The van der Waals surface area contributed by atoms with E-state index in [4.69, 9.17) is 0 Å². The van der Waals surface area contributed by atoms with Crippen molar-refractivity contribution in [3.8, 4) is 0 Å². The van der Waals surface area contributed by atoms with Crippen molar-refractivity contribution in [1.29, 1.82) is 0 Å². The van der Waals surface area contributed by atoms with Crippen LogP contribution >= 0.6 is 0 Å². The quantitative estimate of drug-likeness (QED) is 0.753. The van der Waals surface area contributed by atoms with Gasteiger partial charge < -0.3 is 4.98 Å². The first-order valence-corrected chi connectivity index (χ1v) is 4.66. The Morgan fingerprint density at radius 2 is 2.08 bits per heavy atom. The van der Waals surface area contributed by atoms with Crippen molar-refractivity contribution in [3.63, 3.8) is 0 Å². The molecule has 1 aromatic rings. The highest BCUT2D eigenvalue weighted by Crippen LogP contribution is 2.13. The third-order valence-corrected chi connectivity index (χ3v) is 2.07. The van der Waals surface area contributed by atoms with Gasteiger partial charge in [0.15, 0.2) is 0 Å². The third kappa shape index (κ3) is 1.97. The van der Waals surface area contributed by atoms with Crippen molar-refractivity contribution in [2.75, 3.05) is 0 Å². The van der Waals surface area contributed by atoms with E-state index < -0.39 is 0 Å². The largest absolute Gasteiger partial charge is 0.311 e. The second-order valence-electron chi connectivity index (χ2n) is 3.52. The smallest absolute Gasteiger partial charge is 0.254 e. The Balaban J connectivity index is 3.38. The van der Waals surface area contributed by atoms with Crippen LogP contribution in [0.3, 0.4) is 0 Å². The van der Waals surface area contributed by atoms with Crippen molar-refractivity contribution < 1.29 is 0 Å². The standard InChI is InChI=1S/C10H16N2O/c1-5-8-9(6(2)3)11-7(4)12-10(8)13/h6H,5H2,1-4H3,(H,11,12,13). The van der Waals surface area contributed by atoms with Gasteiger partial charge in [0.1, 0.15) is 5.82 Å². The number of hydrogen-bond donors (Lipinski definition) is 1. The van der Waals surface area contributed by atoms with Gasteiger partial charge in [0, 0.05) is 5.56 Å². The summed E-state index contributed by atoms with van der Waals surface area (Å²) < 4.78 is 0. The SMILES string of the molecule is CCc1c(C(C)C)nc(C)[nH]c1=O. The molecule has 0 aromatic carbocycles. The summed E-state index contributed by atoms with van der Waals surface area (Å²) in [5.74, 6) is 1.02. The normalized spacial score (nSPS) is 10.8. The molecule has 0 saturated carbocycles. The molecular weight excluding hydrogens is 164 g/mol. The van der Waals surface area contributed by atoms with Crippen LogP contribution < -0.4 is 5.56 Å². The average molecular weight is 180 g/mol. The van der Waals surface area contributed by atoms with E-state index in [0.717, 1.165) is 17.7 Å². The summed E-state index contributed by atoms with van der Waals surface area (Å²) in [5.41, 5.74) is 1.77. The van der Waals surface area contributed by atoms with Crippen molar-refractivity contribution in [2.45, 2.75) is 40.0 Å². The van der Waals surface area contributed by atoms with Crippen molar-refractivity contribution in [3.05, 3.63) is 27.4 Å². The molecular formula is C10H16N2O. The lowest BCUT2D eigenvalue weighted by molar-refractivity contribution is 0.767. The van der Waals surface area contributed by atoms with Gasteiger partial charge in [0.2, 0.25) is 0 Å². The average Bonchev–Trinajstić information content (AvgIpc) is 2.02. The molecule has 0 amide bonds. The first kappa shape index (κ1) is 9.96. The minimum atomic E-state index is 0.0127. The first-order chi connectivity index (χ1) is 6.06. The number of H-pyrrole nitrogens is 1. The highest BCUT2D eigenvalue weighted by molar-refractivity contribution is 5.20. The molecule has 13 heavy (non-hydrogen) atoms. The summed E-state index contributed by atoms with van der Waals surface area (Å²) in [5, 5.41) is 0. The number of nitrogens with zero attached hydrogens (tertiary/aromatic N) is 1. The van der Waals surface area contributed by atoms with Gasteiger partial charge in [-0.2, -0.15) is 0 Å². The molecule has 0 fully saturated rings. The van der Waals surface area contributed by atoms with E-state index in [2.05, 4.69) is 23.8 Å². The fraction of sp³-hybridized carbons (Fsp3) is 0.600. The molecule has 3 nitrogen and oxygen atoms in total. The van der Waals surface area contributed by atoms with E-state index in [1.807, 2.05) is 13.8 Å². The van der Waals surface area contributed by atoms with Gasteiger partial charge in [0.25, 0.3) is 5.56 Å². The molecule has 0 saturated heterocycles. The Morgan fingerprint density at radius 3 is 2.54 bits per heavy atom. The summed E-state index contributed by atoms with van der Waals surface area (Å²) in [6, 6.07) is 0. The number of aromatic amines is 1. The summed E-state index contributed by atoms with van der Waals surface area (Å²) >= 11 is 0. The number of nitrogens with one attached hydrogen (secondary N) is 1. The molecule has 0 spiro atoms. The van der Waals surface area contributed by atoms with Crippen LogP contribution in [0.2, 0.25) is 0 Å². The topological polar surface area (TPSA) is 45.8 Å². The van der Waals surface area contributed by atoms with Gasteiger partial charge in [0.05, 0.1) is 5.69 Å². The fourth-order valence-corrected chi connectivity index (χ4v) is 1.45. The Hall–Kier alpha value is -1.12. The molecule has 1 aromatic heterocycles. The lowest BCUT2D eigenvalue weighted by Crippen LogP contribution is -2.19. The molecule has 0 atom stereocenters. The zero-order valence-corrected chi connectivity index (χ0v) is 8.64. The Labute approximate surface area is 78.2 Å². The molecule has 0 bridgehead atoms. The van der Waals surface area contributed by atoms with Gasteiger partial charge in [-0.1, -0.05) is 20.8 Å². The van der Waals surface area contributed by atoms with E-state index in [0.29, 0.717) is 11.7 Å². The van der Waals surface area contributed by atoms with E-state index in [1.165, 1.54) is 0 Å². The molecule has 0 radical (unpaired) electrons. The lowest BCUT2D eigenvalue weighted by Gasteiger charge is -2.09. The zero-order valence-electron chi connectivity index (χ0n) is 8.64. The molecule has 1 N–H and O–H groups in total. The molecule has 0 aliphatic heterocycles. The Bertz CT molecular complexity index is 352. The minimum Gasteiger partial charge on any atom is -0.311 e. The van der Waals surface area contributed by atoms with Crippen LogP contribution in [-0.2, 0) is 6.42 Å². The highest BCUT2D eigenvalue weighted by atomic mass is 16.1. The monoisotopic (exact) mass is 180 g/mol. The van der Waals surface area contributed by atoms with E-state index in [1.54, 1.807) is 0 Å². The number of aryl methyl sites for hydroxylation is 1. The molecule has 72 valence electrons. The summed E-state index contributed by atoms with van der Waals surface area (Å²) in [4.78, 5) is 18.6. The van der Waals surface area contributed by atoms with Crippen LogP contribution in [0.5, 0.6) is 0 Å². The number of rotatable bonds is 2. The van der Waals surface area contributed by atoms with Crippen molar-refractivity contribution in [2.24, 2.45) is 0 Å². The molecule has 3 heteroatoms. The number of aromatic nitrogens is 2. The van der Waals surface area contributed by atoms with Gasteiger partial charge in [-0.05, 0) is 19.3 Å². The van der Waals surface area contributed by atoms with Gasteiger partial charge >= 0.3 is 0 Å². The van der Waals surface area contributed by atoms with Crippen LogP contribution in [0.25, 0.3) is 0 Å².